The maximum Gasteiger partial charge on any atom is 0.312 e. The lowest BCUT2D eigenvalue weighted by atomic mass is 9.94. The van der Waals surface area contributed by atoms with Crippen LogP contribution in [0.15, 0.2) is 24.3 Å². The van der Waals surface area contributed by atoms with Crippen molar-refractivity contribution in [1.29, 1.82) is 0 Å². The number of nitrogens with two attached hydrogens (primary N) is 1. The molecule has 0 saturated carbocycles. The van der Waals surface area contributed by atoms with Crippen molar-refractivity contribution < 1.29 is 38.3 Å². The second-order valence-electron chi connectivity index (χ2n) is 11.9. The number of nitrogens with one attached hydrogen (secondary N) is 4. The highest BCUT2D eigenvalue weighted by Crippen LogP contribution is 2.15. The summed E-state index contributed by atoms with van der Waals surface area (Å²) in [5.74, 6) is -2.75. The van der Waals surface area contributed by atoms with Gasteiger partial charge in [0.15, 0.2) is 0 Å². The maximum atomic E-state index is 12.7. The van der Waals surface area contributed by atoms with Gasteiger partial charge in [0.25, 0.3) is 0 Å². The van der Waals surface area contributed by atoms with Crippen molar-refractivity contribution in [3.63, 3.8) is 0 Å². The van der Waals surface area contributed by atoms with Crippen LogP contribution >= 0.6 is 0 Å². The summed E-state index contributed by atoms with van der Waals surface area (Å²) >= 11 is 0. The molecule has 0 aliphatic rings. The van der Waals surface area contributed by atoms with E-state index in [1.807, 2.05) is 27.7 Å². The van der Waals surface area contributed by atoms with Gasteiger partial charge in [-0.2, -0.15) is 0 Å². The summed E-state index contributed by atoms with van der Waals surface area (Å²) in [6.07, 6.45) is 1.37. The molecular weight excluding hydrogens is 596 g/mol. The Labute approximate surface area is 271 Å². The molecule has 258 valence electrons. The first kappa shape index (κ1) is 41.5. The number of hydrogen-bond donors (Lipinski definition) is 5. The van der Waals surface area contributed by atoms with E-state index in [4.69, 9.17) is 10.5 Å². The van der Waals surface area contributed by atoms with Gasteiger partial charge in [-0.15, -0.1) is 0 Å². The number of imide groups is 1. The Kier molecular flexibility index (Phi) is 19.9. The molecule has 0 bridgehead atoms. The monoisotopic (exact) mass is 648 g/mol. The van der Waals surface area contributed by atoms with Crippen LogP contribution in [-0.2, 0) is 40.1 Å². The summed E-state index contributed by atoms with van der Waals surface area (Å²) in [5.41, 5.74) is 5.98. The molecule has 0 aliphatic heterocycles. The van der Waals surface area contributed by atoms with Crippen LogP contribution in [0.2, 0.25) is 0 Å². The van der Waals surface area contributed by atoms with Gasteiger partial charge in [0, 0.05) is 18.7 Å². The first-order chi connectivity index (χ1) is 21.5. The summed E-state index contributed by atoms with van der Waals surface area (Å²) in [7, 11) is 0. The fourth-order valence-electron chi connectivity index (χ4n) is 3.46. The number of carbonyl (C=O) groups excluding carboxylic acids is 7. The smallest absolute Gasteiger partial charge is 0.312 e. The number of primary amides is 1. The minimum Gasteiger partial charge on any atom is -0.461 e. The molecule has 0 aliphatic carbocycles. The van der Waals surface area contributed by atoms with Gasteiger partial charge < -0.3 is 31.7 Å². The molecule has 7 amide bonds. The number of anilines is 1. The highest BCUT2D eigenvalue weighted by Gasteiger charge is 2.27. The molecule has 1 aromatic rings. The first-order valence-electron chi connectivity index (χ1n) is 15.4. The van der Waals surface area contributed by atoms with Crippen molar-refractivity contribution in [1.82, 2.24) is 20.9 Å². The summed E-state index contributed by atoms with van der Waals surface area (Å²) in [5, 5.41) is 10.1. The molecule has 0 aromatic heterocycles. The van der Waals surface area contributed by atoms with E-state index in [9.17, 15) is 33.6 Å². The summed E-state index contributed by atoms with van der Waals surface area (Å²) in [4.78, 5) is 83.6. The number of nitrogens with zero attached hydrogens (tertiary/aromatic N) is 1. The zero-order valence-corrected chi connectivity index (χ0v) is 28.3. The van der Waals surface area contributed by atoms with Gasteiger partial charge in [0.2, 0.25) is 30.0 Å². The largest absolute Gasteiger partial charge is 0.461 e. The van der Waals surface area contributed by atoms with E-state index in [2.05, 4.69) is 21.3 Å². The molecule has 14 heteroatoms. The molecule has 0 radical (unpaired) electrons. The van der Waals surface area contributed by atoms with Crippen LogP contribution in [0.3, 0.4) is 0 Å². The highest BCUT2D eigenvalue weighted by molar-refractivity contribution is 5.97. The van der Waals surface area contributed by atoms with E-state index in [-0.39, 0.29) is 49.2 Å². The van der Waals surface area contributed by atoms with Gasteiger partial charge in [-0.3, -0.25) is 33.7 Å². The van der Waals surface area contributed by atoms with Crippen LogP contribution in [0.4, 0.5) is 10.5 Å². The van der Waals surface area contributed by atoms with E-state index in [1.165, 1.54) is 0 Å². The second kappa shape index (κ2) is 22.1. The average molecular weight is 649 g/mol. The fraction of sp³-hybridized carbons (Fsp3) is 0.594. The van der Waals surface area contributed by atoms with Gasteiger partial charge in [-0.1, -0.05) is 67.5 Å². The number of rotatable bonds is 17. The van der Waals surface area contributed by atoms with E-state index < -0.39 is 42.2 Å². The van der Waals surface area contributed by atoms with E-state index in [0.717, 1.165) is 16.9 Å². The molecule has 14 nitrogen and oxygen atoms in total. The van der Waals surface area contributed by atoms with Crippen LogP contribution in [0.25, 0.3) is 0 Å². The Morgan fingerprint density at radius 1 is 0.891 bits per heavy atom. The average Bonchev–Trinajstić information content (AvgIpc) is 2.99. The molecule has 46 heavy (non-hydrogen) atoms. The van der Waals surface area contributed by atoms with Gasteiger partial charge >= 0.3 is 12.0 Å². The Bertz CT molecular complexity index is 1150. The van der Waals surface area contributed by atoms with Crippen LogP contribution < -0.4 is 27.0 Å². The van der Waals surface area contributed by atoms with Crippen LogP contribution in [0.5, 0.6) is 0 Å². The molecule has 0 spiro atoms. The number of amides is 7. The van der Waals surface area contributed by atoms with E-state index >= 15 is 0 Å². The summed E-state index contributed by atoms with van der Waals surface area (Å²) in [6.45, 7) is 14.7. The zero-order valence-electron chi connectivity index (χ0n) is 28.3. The Morgan fingerprint density at radius 2 is 1.50 bits per heavy atom. The number of urea groups is 1. The highest BCUT2D eigenvalue weighted by atomic mass is 16.5. The molecule has 0 fully saturated rings. The van der Waals surface area contributed by atoms with Crippen LogP contribution in [0, 0.1) is 23.7 Å². The molecule has 6 N–H and O–H groups in total. The molecular formula is C32H52N6O8. The third-order valence-corrected chi connectivity index (χ3v) is 6.72. The number of esters is 1. The lowest BCUT2D eigenvalue weighted by Gasteiger charge is -2.24. The molecule has 2 unspecified atom stereocenters. The molecule has 0 saturated heterocycles. The van der Waals surface area contributed by atoms with Gasteiger partial charge in [0.1, 0.15) is 19.2 Å². The predicted octanol–water partition coefficient (Wildman–Crippen LogP) is 2.31. The van der Waals surface area contributed by atoms with Crippen molar-refractivity contribution in [2.75, 3.05) is 25.0 Å². The van der Waals surface area contributed by atoms with Crippen molar-refractivity contribution in [2.24, 2.45) is 29.4 Å². The van der Waals surface area contributed by atoms with E-state index in [1.54, 1.807) is 52.0 Å². The van der Waals surface area contributed by atoms with Crippen molar-refractivity contribution in [2.45, 2.75) is 80.9 Å². The molecule has 2 atom stereocenters. The second-order valence-corrected chi connectivity index (χ2v) is 11.9. The SMILES string of the molecule is CC(C)C(=O)OCc1ccc(NC(=O)CNC(=O)C(NC(=O)CN(C=O)C(=O)CC(C)C(C)C)C(C)C)cc1.CCCNC(N)=O. The van der Waals surface area contributed by atoms with Gasteiger partial charge in [-0.25, -0.2) is 4.79 Å². The van der Waals surface area contributed by atoms with Crippen molar-refractivity contribution in [3.05, 3.63) is 29.8 Å². The van der Waals surface area contributed by atoms with Crippen molar-refractivity contribution >= 4 is 47.7 Å². The molecule has 1 rings (SSSR count). The molecule has 1 aromatic carbocycles. The minimum atomic E-state index is -0.976. The van der Waals surface area contributed by atoms with Gasteiger partial charge in [-0.05, 0) is 41.9 Å². The lowest BCUT2D eigenvalue weighted by molar-refractivity contribution is -0.148. The van der Waals surface area contributed by atoms with Crippen LogP contribution in [0.1, 0.15) is 73.8 Å². The quantitative estimate of drug-likeness (QED) is 0.125. The lowest BCUT2D eigenvalue weighted by Crippen LogP contribution is -2.53. The Hall–Kier alpha value is -4.49. The number of ether oxygens (including phenoxy) is 1. The fourth-order valence-corrected chi connectivity index (χ4v) is 3.46. The van der Waals surface area contributed by atoms with E-state index in [0.29, 0.717) is 18.6 Å². The Balaban J connectivity index is 0.00000258. The standard InChI is InChI=1S/C28H42N4O7.C4H10N2O/c1-17(2)20(7)12-25(36)32(16-33)14-24(35)31-26(18(3)4)27(37)29-13-23(34)30-22-10-8-21(9-11-22)15-39-28(38)19(5)6;1-2-3-6-4(5)7/h8-11,16-20,26H,12-15H2,1-7H3,(H,29,37)(H,30,34)(H,31,35);2-3H2,1H3,(H3,5,6,7). The maximum absolute atomic E-state index is 12.7. The number of benzene rings is 1. The number of hydrogen-bond acceptors (Lipinski definition) is 8. The molecule has 0 heterocycles. The number of carbonyl (C=O) groups is 7. The zero-order chi connectivity index (χ0) is 35.4. The minimum absolute atomic E-state index is 0.0377. The summed E-state index contributed by atoms with van der Waals surface area (Å²) < 4.78 is 5.17. The van der Waals surface area contributed by atoms with Crippen LogP contribution in [-0.4, -0.2) is 72.6 Å². The van der Waals surface area contributed by atoms with Gasteiger partial charge in [0.05, 0.1) is 12.5 Å². The summed E-state index contributed by atoms with van der Waals surface area (Å²) in [6, 6.07) is 5.30. The predicted molar refractivity (Wildman–Crippen MR) is 174 cm³/mol. The first-order valence-corrected chi connectivity index (χ1v) is 15.4. The Morgan fingerprint density at radius 3 is 1.96 bits per heavy atom. The van der Waals surface area contributed by atoms with Crippen molar-refractivity contribution in [3.8, 4) is 0 Å². The topological polar surface area (TPSA) is 206 Å². The normalized spacial score (nSPS) is 11.8. The third kappa shape index (κ3) is 17.7. The third-order valence-electron chi connectivity index (χ3n) is 6.72.